The second kappa shape index (κ2) is 6.48. The molecule has 0 aliphatic heterocycles. The van der Waals surface area contributed by atoms with Crippen LogP contribution < -0.4 is 0 Å². The van der Waals surface area contributed by atoms with Gasteiger partial charge in [0.05, 0.1) is 29.3 Å². The SMILES string of the molecule is CCOC(=O)c1cc(C(=O)OCC)cc([N+](=O)[O-])c1. The summed E-state index contributed by atoms with van der Waals surface area (Å²) in [5.41, 5.74) is -0.480. The molecule has 0 aliphatic rings. The van der Waals surface area contributed by atoms with Crippen LogP contribution in [0, 0.1) is 10.1 Å². The van der Waals surface area contributed by atoms with Crippen LogP contribution in [0.2, 0.25) is 0 Å². The molecule has 0 radical (unpaired) electrons. The van der Waals surface area contributed by atoms with Crippen molar-refractivity contribution in [3.63, 3.8) is 0 Å². The van der Waals surface area contributed by atoms with Crippen LogP contribution in [0.4, 0.5) is 5.69 Å². The number of hydrogen-bond acceptors (Lipinski definition) is 6. The van der Waals surface area contributed by atoms with Crippen molar-refractivity contribution in [3.8, 4) is 0 Å². The molecule has 0 bridgehead atoms. The Morgan fingerprint density at radius 1 is 1.05 bits per heavy atom. The molecule has 1 aromatic carbocycles. The van der Waals surface area contributed by atoms with Crippen molar-refractivity contribution in [3.05, 3.63) is 39.4 Å². The number of rotatable bonds is 5. The third kappa shape index (κ3) is 3.77. The fourth-order valence-corrected chi connectivity index (χ4v) is 1.38. The molecule has 0 unspecified atom stereocenters. The van der Waals surface area contributed by atoms with Crippen LogP contribution in [-0.4, -0.2) is 30.1 Å². The van der Waals surface area contributed by atoms with Gasteiger partial charge >= 0.3 is 11.9 Å². The summed E-state index contributed by atoms with van der Waals surface area (Å²) in [6.45, 7) is 3.50. The van der Waals surface area contributed by atoms with E-state index in [0.29, 0.717) is 0 Å². The van der Waals surface area contributed by atoms with Crippen LogP contribution in [0.3, 0.4) is 0 Å². The summed E-state index contributed by atoms with van der Waals surface area (Å²) < 4.78 is 9.49. The third-order valence-electron chi connectivity index (χ3n) is 2.15. The van der Waals surface area contributed by atoms with Gasteiger partial charge in [0.15, 0.2) is 0 Å². The fourth-order valence-electron chi connectivity index (χ4n) is 1.38. The highest BCUT2D eigenvalue weighted by Crippen LogP contribution is 2.19. The zero-order valence-electron chi connectivity index (χ0n) is 10.5. The van der Waals surface area contributed by atoms with Crippen molar-refractivity contribution in [2.24, 2.45) is 0 Å². The Morgan fingerprint density at radius 2 is 1.47 bits per heavy atom. The minimum absolute atomic E-state index is 0.0564. The Balaban J connectivity index is 3.21. The van der Waals surface area contributed by atoms with E-state index in [-0.39, 0.29) is 30.0 Å². The average Bonchev–Trinajstić information content (AvgIpc) is 2.38. The maximum absolute atomic E-state index is 11.6. The highest BCUT2D eigenvalue weighted by atomic mass is 16.6. The maximum atomic E-state index is 11.6. The molecule has 0 fully saturated rings. The number of nitro benzene ring substituents is 1. The van der Waals surface area contributed by atoms with Crippen LogP contribution in [0.5, 0.6) is 0 Å². The van der Waals surface area contributed by atoms with Gasteiger partial charge < -0.3 is 9.47 Å². The molecule has 0 heterocycles. The number of esters is 2. The Kier molecular flexibility index (Phi) is 4.99. The van der Waals surface area contributed by atoms with Crippen LogP contribution in [0.25, 0.3) is 0 Å². The second-order valence-corrected chi connectivity index (χ2v) is 3.47. The molecule has 1 aromatic rings. The van der Waals surface area contributed by atoms with E-state index in [4.69, 9.17) is 9.47 Å². The van der Waals surface area contributed by atoms with E-state index in [1.54, 1.807) is 13.8 Å². The molecule has 19 heavy (non-hydrogen) atoms. The van der Waals surface area contributed by atoms with E-state index in [1.807, 2.05) is 0 Å². The minimum Gasteiger partial charge on any atom is -0.462 e. The van der Waals surface area contributed by atoms with E-state index in [1.165, 1.54) is 6.07 Å². The average molecular weight is 267 g/mol. The van der Waals surface area contributed by atoms with Gasteiger partial charge in [-0.3, -0.25) is 10.1 Å². The van der Waals surface area contributed by atoms with Crippen LogP contribution in [0.1, 0.15) is 34.6 Å². The van der Waals surface area contributed by atoms with E-state index >= 15 is 0 Å². The van der Waals surface area contributed by atoms with Gasteiger partial charge in [0.25, 0.3) is 5.69 Å². The van der Waals surface area contributed by atoms with Gasteiger partial charge in [0.1, 0.15) is 0 Å². The lowest BCUT2D eigenvalue weighted by Gasteiger charge is -2.05. The summed E-state index contributed by atoms with van der Waals surface area (Å²) in [6.07, 6.45) is 0. The molecule has 0 atom stereocenters. The third-order valence-corrected chi connectivity index (χ3v) is 2.15. The second-order valence-electron chi connectivity index (χ2n) is 3.47. The predicted octanol–water partition coefficient (Wildman–Crippen LogP) is 1.95. The molecule has 0 amide bonds. The molecule has 102 valence electrons. The zero-order valence-corrected chi connectivity index (χ0v) is 10.5. The first-order chi connectivity index (χ1) is 8.99. The minimum atomic E-state index is -0.725. The van der Waals surface area contributed by atoms with E-state index < -0.39 is 16.9 Å². The van der Waals surface area contributed by atoms with Gasteiger partial charge in [-0.1, -0.05) is 0 Å². The fraction of sp³-hybridized carbons (Fsp3) is 0.333. The number of nitro groups is 1. The lowest BCUT2D eigenvalue weighted by atomic mass is 10.1. The van der Waals surface area contributed by atoms with Crippen LogP contribution in [-0.2, 0) is 9.47 Å². The Hall–Kier alpha value is -2.44. The predicted molar refractivity (Wildman–Crippen MR) is 65.0 cm³/mol. The van der Waals surface area contributed by atoms with Crippen molar-refractivity contribution in [2.45, 2.75) is 13.8 Å². The summed E-state index contributed by atoms with van der Waals surface area (Å²) in [5.74, 6) is -1.45. The standard InChI is InChI=1S/C12H13NO6/c1-3-18-11(14)8-5-9(12(15)19-4-2)7-10(6-8)13(16)17/h5-7H,3-4H2,1-2H3. The van der Waals surface area contributed by atoms with Gasteiger partial charge in [0.2, 0.25) is 0 Å². The first-order valence-electron chi connectivity index (χ1n) is 5.63. The number of ether oxygens (including phenoxy) is 2. The molecule has 7 nitrogen and oxygen atoms in total. The molecule has 0 N–H and O–H groups in total. The highest BCUT2D eigenvalue weighted by molar-refractivity contribution is 5.96. The van der Waals surface area contributed by atoms with Crippen molar-refractivity contribution < 1.29 is 24.0 Å². The number of hydrogen-bond donors (Lipinski definition) is 0. The van der Waals surface area contributed by atoms with Gasteiger partial charge in [-0.25, -0.2) is 9.59 Å². The summed E-state index contributed by atoms with van der Waals surface area (Å²) in [4.78, 5) is 33.2. The number of nitrogens with zero attached hydrogens (tertiary/aromatic N) is 1. The smallest absolute Gasteiger partial charge is 0.338 e. The highest BCUT2D eigenvalue weighted by Gasteiger charge is 2.19. The summed E-state index contributed by atoms with van der Waals surface area (Å²) in [5, 5.41) is 10.8. The first kappa shape index (κ1) is 14.6. The number of non-ortho nitro benzene ring substituents is 1. The lowest BCUT2D eigenvalue weighted by Crippen LogP contribution is -2.10. The van der Waals surface area contributed by atoms with E-state index in [2.05, 4.69) is 0 Å². The molecular weight excluding hydrogens is 254 g/mol. The Labute approximate surface area is 109 Å². The first-order valence-corrected chi connectivity index (χ1v) is 5.63. The molecular formula is C12H13NO6. The van der Waals surface area contributed by atoms with Gasteiger partial charge in [-0.2, -0.15) is 0 Å². The Morgan fingerprint density at radius 3 is 1.79 bits per heavy atom. The lowest BCUT2D eigenvalue weighted by molar-refractivity contribution is -0.384. The molecule has 0 saturated carbocycles. The summed E-state index contributed by atoms with van der Waals surface area (Å²) >= 11 is 0. The van der Waals surface area contributed by atoms with Crippen molar-refractivity contribution >= 4 is 17.6 Å². The number of carbonyl (C=O) groups excluding carboxylic acids is 2. The normalized spacial score (nSPS) is 9.79. The van der Waals surface area contributed by atoms with Gasteiger partial charge in [0, 0.05) is 12.1 Å². The largest absolute Gasteiger partial charge is 0.462 e. The monoisotopic (exact) mass is 267 g/mol. The molecule has 0 saturated heterocycles. The Bertz CT molecular complexity index is 475. The topological polar surface area (TPSA) is 95.7 Å². The quantitative estimate of drug-likeness (QED) is 0.459. The maximum Gasteiger partial charge on any atom is 0.338 e. The zero-order chi connectivity index (χ0) is 14.4. The van der Waals surface area contributed by atoms with Crippen LogP contribution in [0.15, 0.2) is 18.2 Å². The van der Waals surface area contributed by atoms with E-state index in [0.717, 1.165) is 12.1 Å². The summed E-state index contributed by atoms with van der Waals surface area (Å²) in [7, 11) is 0. The van der Waals surface area contributed by atoms with Crippen LogP contribution >= 0.6 is 0 Å². The van der Waals surface area contributed by atoms with E-state index in [9.17, 15) is 19.7 Å². The van der Waals surface area contributed by atoms with Gasteiger partial charge in [-0.15, -0.1) is 0 Å². The van der Waals surface area contributed by atoms with Crippen molar-refractivity contribution in [1.29, 1.82) is 0 Å². The number of carbonyl (C=O) groups is 2. The van der Waals surface area contributed by atoms with Crippen molar-refractivity contribution in [2.75, 3.05) is 13.2 Å². The molecule has 1 rings (SSSR count). The molecule has 0 aromatic heterocycles. The molecule has 0 spiro atoms. The van der Waals surface area contributed by atoms with Gasteiger partial charge in [-0.05, 0) is 19.9 Å². The summed E-state index contributed by atoms with van der Waals surface area (Å²) in [6, 6.07) is 3.32. The molecule has 0 aliphatic carbocycles. The van der Waals surface area contributed by atoms with Crippen molar-refractivity contribution in [1.82, 2.24) is 0 Å². The number of benzene rings is 1. The molecule has 7 heteroatoms.